The molecule has 3 atom stereocenters. The van der Waals surface area contributed by atoms with Crippen molar-refractivity contribution >= 4 is 31.6 Å². The van der Waals surface area contributed by atoms with Gasteiger partial charge in [0.25, 0.3) is 0 Å². The van der Waals surface area contributed by atoms with Crippen LogP contribution in [0.15, 0.2) is 27.9 Å². The number of nitrogens with zero attached hydrogens (tertiary/aromatic N) is 1. The van der Waals surface area contributed by atoms with Crippen molar-refractivity contribution in [3.63, 3.8) is 0 Å². The van der Waals surface area contributed by atoms with Crippen LogP contribution in [0.5, 0.6) is 0 Å². The molecule has 2 aliphatic carbocycles. The zero-order valence-corrected chi connectivity index (χ0v) is 14.6. The molecule has 2 aliphatic rings. The van der Waals surface area contributed by atoms with E-state index in [0.717, 1.165) is 40.8 Å². The second kappa shape index (κ2) is 5.43. The first-order chi connectivity index (χ1) is 11.0. The quantitative estimate of drug-likeness (QED) is 0.919. The van der Waals surface area contributed by atoms with Crippen molar-refractivity contribution in [1.82, 2.24) is 9.29 Å². The molecule has 0 unspecified atom stereocenters. The van der Waals surface area contributed by atoms with Crippen LogP contribution < -0.4 is 9.60 Å². The van der Waals surface area contributed by atoms with E-state index in [4.69, 9.17) is 0 Å². The van der Waals surface area contributed by atoms with Gasteiger partial charge < -0.3 is 0 Å². The summed E-state index contributed by atoms with van der Waals surface area (Å²) in [4.78, 5) is 12.1. The van der Waals surface area contributed by atoms with Crippen LogP contribution in [-0.4, -0.2) is 19.0 Å². The fourth-order valence-electron chi connectivity index (χ4n) is 4.17. The highest BCUT2D eigenvalue weighted by Crippen LogP contribution is 2.44. The van der Waals surface area contributed by atoms with Crippen molar-refractivity contribution in [2.75, 3.05) is 0 Å². The minimum Gasteiger partial charge on any atom is -0.299 e. The van der Waals surface area contributed by atoms with Gasteiger partial charge in [0.15, 0.2) is 0 Å². The van der Waals surface area contributed by atoms with Crippen molar-refractivity contribution in [3.8, 4) is 0 Å². The van der Waals surface area contributed by atoms with Crippen LogP contribution in [0.25, 0.3) is 10.2 Å². The Morgan fingerprint density at radius 3 is 2.78 bits per heavy atom. The van der Waals surface area contributed by atoms with E-state index >= 15 is 0 Å². The second-order valence-electron chi connectivity index (χ2n) is 6.64. The molecule has 0 amide bonds. The number of aryl methyl sites for hydroxylation is 1. The maximum absolute atomic E-state index is 12.7. The molecule has 7 heteroatoms. The Morgan fingerprint density at radius 2 is 2.13 bits per heavy atom. The zero-order valence-electron chi connectivity index (χ0n) is 13.0. The SMILES string of the molecule is CCn1c(=O)sc2cc(S(=O)(=O)N[C@H]3C[C@H]4CC[C@@H]3C4)ccc21. The smallest absolute Gasteiger partial charge is 0.299 e. The molecule has 0 spiro atoms. The van der Waals surface area contributed by atoms with Gasteiger partial charge in [-0.25, -0.2) is 13.1 Å². The first-order valence-electron chi connectivity index (χ1n) is 8.13. The van der Waals surface area contributed by atoms with E-state index in [1.807, 2.05) is 6.92 Å². The molecule has 1 aromatic carbocycles. The maximum atomic E-state index is 12.7. The average Bonchev–Trinajstić information content (AvgIpc) is 3.18. The van der Waals surface area contributed by atoms with E-state index in [0.29, 0.717) is 18.4 Å². The maximum Gasteiger partial charge on any atom is 0.308 e. The van der Waals surface area contributed by atoms with E-state index in [1.165, 1.54) is 6.42 Å². The Labute approximate surface area is 139 Å². The summed E-state index contributed by atoms with van der Waals surface area (Å²) in [5.74, 6) is 1.19. The highest BCUT2D eigenvalue weighted by Gasteiger charge is 2.41. The minimum absolute atomic E-state index is 0.0434. The summed E-state index contributed by atoms with van der Waals surface area (Å²) in [5.41, 5.74) is 0.807. The lowest BCUT2D eigenvalue weighted by Gasteiger charge is -2.22. The molecule has 0 saturated heterocycles. The molecule has 1 N–H and O–H groups in total. The Bertz CT molecular complexity index is 913. The predicted molar refractivity (Wildman–Crippen MR) is 91.3 cm³/mol. The standard InChI is InChI=1S/C16H20N2O3S2/c1-2-18-14-6-5-12(9-15(14)22-16(18)19)23(20,21)17-13-8-10-3-4-11(13)7-10/h5-6,9-11,13,17H,2-4,7-8H2,1H3/t10-,11+,13-/m0/s1. The monoisotopic (exact) mass is 352 g/mol. The molecular formula is C16H20N2O3S2. The van der Waals surface area contributed by atoms with Crippen LogP contribution in [0, 0.1) is 11.8 Å². The molecule has 2 aromatic rings. The molecule has 23 heavy (non-hydrogen) atoms. The van der Waals surface area contributed by atoms with Crippen molar-refractivity contribution < 1.29 is 8.42 Å². The first-order valence-corrected chi connectivity index (χ1v) is 10.4. The van der Waals surface area contributed by atoms with E-state index < -0.39 is 10.0 Å². The number of fused-ring (bicyclic) bond motifs is 3. The van der Waals surface area contributed by atoms with Gasteiger partial charge in [-0.1, -0.05) is 17.8 Å². The Balaban J connectivity index is 1.66. The predicted octanol–water partition coefficient (Wildman–Crippen LogP) is 2.55. The summed E-state index contributed by atoms with van der Waals surface area (Å²) in [5, 5.41) is 0. The molecule has 0 aliphatic heterocycles. The van der Waals surface area contributed by atoms with Crippen LogP contribution in [-0.2, 0) is 16.6 Å². The first kappa shape index (κ1) is 15.4. The van der Waals surface area contributed by atoms with Gasteiger partial charge in [-0.3, -0.25) is 9.36 Å². The largest absolute Gasteiger partial charge is 0.308 e. The third-order valence-corrected chi connectivity index (χ3v) is 7.74. The van der Waals surface area contributed by atoms with E-state index in [2.05, 4.69) is 4.72 Å². The summed E-state index contributed by atoms with van der Waals surface area (Å²) in [6, 6.07) is 5.05. The van der Waals surface area contributed by atoms with Crippen LogP contribution in [0.4, 0.5) is 0 Å². The Morgan fingerprint density at radius 1 is 1.30 bits per heavy atom. The van der Waals surface area contributed by atoms with Crippen LogP contribution >= 0.6 is 11.3 Å². The van der Waals surface area contributed by atoms with Gasteiger partial charge in [-0.05, 0) is 56.2 Å². The van der Waals surface area contributed by atoms with Gasteiger partial charge in [0.05, 0.1) is 15.1 Å². The molecule has 0 radical (unpaired) electrons. The number of nitrogens with one attached hydrogen (secondary N) is 1. The Kier molecular flexibility index (Phi) is 3.62. The van der Waals surface area contributed by atoms with Crippen molar-refractivity contribution in [2.45, 2.75) is 50.1 Å². The van der Waals surface area contributed by atoms with Gasteiger partial charge >= 0.3 is 4.87 Å². The number of thiazole rings is 1. The topological polar surface area (TPSA) is 68.2 Å². The summed E-state index contributed by atoms with van der Waals surface area (Å²) >= 11 is 1.10. The number of benzene rings is 1. The van der Waals surface area contributed by atoms with Crippen molar-refractivity contribution in [1.29, 1.82) is 0 Å². The van der Waals surface area contributed by atoms with Crippen LogP contribution in [0.2, 0.25) is 0 Å². The Hall–Kier alpha value is -1.18. The third-order valence-electron chi connectivity index (χ3n) is 5.31. The molecule has 5 nitrogen and oxygen atoms in total. The minimum atomic E-state index is -3.52. The second-order valence-corrected chi connectivity index (χ2v) is 9.35. The van der Waals surface area contributed by atoms with Gasteiger partial charge in [-0.2, -0.15) is 0 Å². The van der Waals surface area contributed by atoms with Gasteiger partial charge in [0.2, 0.25) is 10.0 Å². The molecule has 1 heterocycles. The zero-order chi connectivity index (χ0) is 16.2. The summed E-state index contributed by atoms with van der Waals surface area (Å²) in [6.07, 6.45) is 4.50. The number of rotatable bonds is 4. The summed E-state index contributed by atoms with van der Waals surface area (Å²) < 4.78 is 30.6. The number of aromatic nitrogens is 1. The molecule has 2 saturated carbocycles. The van der Waals surface area contributed by atoms with Crippen LogP contribution in [0.3, 0.4) is 0 Å². The van der Waals surface area contributed by atoms with E-state index in [9.17, 15) is 13.2 Å². The van der Waals surface area contributed by atoms with Gasteiger partial charge in [-0.15, -0.1) is 0 Å². The third kappa shape index (κ3) is 2.55. The van der Waals surface area contributed by atoms with E-state index in [-0.39, 0.29) is 15.8 Å². The average molecular weight is 352 g/mol. The summed E-state index contributed by atoms with van der Waals surface area (Å²) in [6.45, 7) is 2.50. The molecule has 4 rings (SSSR count). The fraction of sp³-hybridized carbons (Fsp3) is 0.562. The molecule has 1 aromatic heterocycles. The van der Waals surface area contributed by atoms with Gasteiger partial charge in [0.1, 0.15) is 0 Å². The number of sulfonamides is 1. The van der Waals surface area contributed by atoms with Gasteiger partial charge in [0, 0.05) is 12.6 Å². The number of hydrogen-bond acceptors (Lipinski definition) is 4. The highest BCUT2D eigenvalue weighted by molar-refractivity contribution is 7.89. The molecule has 2 fully saturated rings. The van der Waals surface area contributed by atoms with E-state index in [1.54, 1.807) is 22.8 Å². The lowest BCUT2D eigenvalue weighted by Crippen LogP contribution is -2.38. The molecule has 2 bridgehead atoms. The number of hydrogen-bond donors (Lipinski definition) is 1. The lowest BCUT2D eigenvalue weighted by atomic mass is 9.96. The van der Waals surface area contributed by atoms with Crippen LogP contribution in [0.1, 0.15) is 32.6 Å². The molecular weight excluding hydrogens is 332 g/mol. The summed E-state index contributed by atoms with van der Waals surface area (Å²) in [7, 11) is -3.52. The normalized spacial score (nSPS) is 27.1. The lowest BCUT2D eigenvalue weighted by molar-refractivity contribution is 0.390. The van der Waals surface area contributed by atoms with Crippen molar-refractivity contribution in [3.05, 3.63) is 27.9 Å². The fourth-order valence-corrected chi connectivity index (χ4v) is 6.58. The molecule has 124 valence electrons. The van der Waals surface area contributed by atoms with Crippen molar-refractivity contribution in [2.24, 2.45) is 11.8 Å². The highest BCUT2D eigenvalue weighted by atomic mass is 32.2.